The van der Waals surface area contributed by atoms with Crippen LogP contribution in [0, 0.1) is 0 Å². The number of aromatic nitrogens is 1. The highest BCUT2D eigenvalue weighted by molar-refractivity contribution is 8.00. The second-order valence-electron chi connectivity index (χ2n) is 4.22. The van der Waals surface area contributed by atoms with E-state index in [9.17, 15) is 4.79 Å². The number of nitrogens with one attached hydrogen (secondary N) is 1. The molecule has 6 heteroatoms. The lowest BCUT2D eigenvalue weighted by molar-refractivity contribution is 0.0761. The Labute approximate surface area is 111 Å². The predicted octanol–water partition coefficient (Wildman–Crippen LogP) is 1.33. The SMILES string of the molecule is CCC1CN(C(=O)c2cnccc2NN)CCS1. The minimum Gasteiger partial charge on any atom is -0.337 e. The average Bonchev–Trinajstić information content (AvgIpc) is 2.46. The van der Waals surface area contributed by atoms with Crippen molar-refractivity contribution in [1.29, 1.82) is 0 Å². The predicted molar refractivity (Wildman–Crippen MR) is 74.5 cm³/mol. The van der Waals surface area contributed by atoms with Gasteiger partial charge in [0.05, 0.1) is 11.3 Å². The first-order valence-electron chi connectivity index (χ1n) is 6.07. The smallest absolute Gasteiger partial charge is 0.257 e. The van der Waals surface area contributed by atoms with Gasteiger partial charge in [-0.2, -0.15) is 11.8 Å². The van der Waals surface area contributed by atoms with Crippen molar-refractivity contribution in [2.24, 2.45) is 5.84 Å². The van der Waals surface area contributed by atoms with Gasteiger partial charge in [-0.25, -0.2) is 0 Å². The number of nitrogen functional groups attached to an aromatic ring is 1. The number of rotatable bonds is 3. The van der Waals surface area contributed by atoms with E-state index in [2.05, 4.69) is 17.3 Å². The van der Waals surface area contributed by atoms with Crippen molar-refractivity contribution in [2.75, 3.05) is 24.3 Å². The van der Waals surface area contributed by atoms with Crippen LogP contribution in [-0.2, 0) is 0 Å². The third-order valence-electron chi connectivity index (χ3n) is 3.09. The van der Waals surface area contributed by atoms with Gasteiger partial charge in [0.1, 0.15) is 0 Å². The number of hydrazine groups is 1. The van der Waals surface area contributed by atoms with Crippen LogP contribution in [0.2, 0.25) is 0 Å². The molecule has 3 N–H and O–H groups in total. The first kappa shape index (κ1) is 13.2. The van der Waals surface area contributed by atoms with E-state index < -0.39 is 0 Å². The van der Waals surface area contributed by atoms with Gasteiger partial charge in [-0.15, -0.1) is 0 Å². The summed E-state index contributed by atoms with van der Waals surface area (Å²) in [6, 6.07) is 1.71. The number of carbonyl (C=O) groups excluding carboxylic acids is 1. The topological polar surface area (TPSA) is 71.2 Å². The van der Waals surface area contributed by atoms with Crippen LogP contribution in [0.5, 0.6) is 0 Å². The number of hydrogen-bond donors (Lipinski definition) is 2. The summed E-state index contributed by atoms with van der Waals surface area (Å²) in [5.41, 5.74) is 3.72. The molecule has 1 unspecified atom stereocenters. The summed E-state index contributed by atoms with van der Waals surface area (Å²) < 4.78 is 0. The van der Waals surface area contributed by atoms with Crippen molar-refractivity contribution in [3.63, 3.8) is 0 Å². The molecule has 2 heterocycles. The first-order chi connectivity index (χ1) is 8.76. The van der Waals surface area contributed by atoms with Crippen molar-refractivity contribution >= 4 is 23.4 Å². The van der Waals surface area contributed by atoms with Crippen LogP contribution in [0.4, 0.5) is 5.69 Å². The molecule has 5 nitrogen and oxygen atoms in total. The summed E-state index contributed by atoms with van der Waals surface area (Å²) in [5, 5.41) is 0.536. The lowest BCUT2D eigenvalue weighted by atomic mass is 10.2. The molecule has 0 saturated carbocycles. The van der Waals surface area contributed by atoms with E-state index in [1.165, 1.54) is 0 Å². The van der Waals surface area contributed by atoms with Gasteiger partial charge < -0.3 is 10.3 Å². The molecule has 1 atom stereocenters. The van der Waals surface area contributed by atoms with Crippen molar-refractivity contribution in [2.45, 2.75) is 18.6 Å². The fourth-order valence-corrected chi connectivity index (χ4v) is 3.19. The summed E-state index contributed by atoms with van der Waals surface area (Å²) in [4.78, 5) is 18.3. The summed E-state index contributed by atoms with van der Waals surface area (Å²) in [7, 11) is 0. The van der Waals surface area contributed by atoms with Gasteiger partial charge in [-0.3, -0.25) is 15.6 Å². The van der Waals surface area contributed by atoms with Crippen LogP contribution >= 0.6 is 11.8 Å². The van der Waals surface area contributed by atoms with Gasteiger partial charge in [-0.1, -0.05) is 6.92 Å². The molecule has 1 fully saturated rings. The third kappa shape index (κ3) is 2.76. The lowest BCUT2D eigenvalue weighted by Gasteiger charge is -2.32. The number of amides is 1. The zero-order chi connectivity index (χ0) is 13.0. The Morgan fingerprint density at radius 2 is 2.56 bits per heavy atom. The van der Waals surface area contributed by atoms with Crippen molar-refractivity contribution in [3.05, 3.63) is 24.0 Å². The number of pyridine rings is 1. The molecule has 1 aromatic heterocycles. The lowest BCUT2D eigenvalue weighted by Crippen LogP contribution is -2.42. The van der Waals surface area contributed by atoms with Crippen LogP contribution in [0.25, 0.3) is 0 Å². The minimum atomic E-state index is 0.00907. The average molecular weight is 266 g/mol. The largest absolute Gasteiger partial charge is 0.337 e. The fraction of sp³-hybridized carbons (Fsp3) is 0.500. The van der Waals surface area contributed by atoms with Crippen molar-refractivity contribution < 1.29 is 4.79 Å². The number of hydrogen-bond acceptors (Lipinski definition) is 5. The van der Waals surface area contributed by atoms with E-state index in [4.69, 9.17) is 5.84 Å². The Morgan fingerprint density at radius 3 is 3.28 bits per heavy atom. The Morgan fingerprint density at radius 1 is 1.72 bits per heavy atom. The van der Waals surface area contributed by atoms with Crippen molar-refractivity contribution in [1.82, 2.24) is 9.88 Å². The van der Waals surface area contributed by atoms with Gasteiger partial charge in [-0.05, 0) is 12.5 Å². The molecule has 98 valence electrons. The highest BCUT2D eigenvalue weighted by Crippen LogP contribution is 2.23. The molecule has 0 aromatic carbocycles. The fourth-order valence-electron chi connectivity index (χ4n) is 2.01. The number of thioether (sulfide) groups is 1. The molecule has 1 aliphatic rings. The minimum absolute atomic E-state index is 0.00907. The monoisotopic (exact) mass is 266 g/mol. The molecular formula is C12H18N4OS. The molecule has 2 rings (SSSR count). The number of anilines is 1. The van der Waals surface area contributed by atoms with E-state index in [0.29, 0.717) is 16.5 Å². The molecule has 0 spiro atoms. The molecule has 18 heavy (non-hydrogen) atoms. The zero-order valence-electron chi connectivity index (χ0n) is 10.4. The Hall–Kier alpha value is -1.27. The molecular weight excluding hydrogens is 248 g/mol. The van der Waals surface area contributed by atoms with E-state index in [0.717, 1.165) is 25.3 Å². The van der Waals surface area contributed by atoms with Gasteiger partial charge in [0.2, 0.25) is 0 Å². The van der Waals surface area contributed by atoms with Gasteiger partial charge in [0.15, 0.2) is 0 Å². The van der Waals surface area contributed by atoms with Crippen LogP contribution in [0.1, 0.15) is 23.7 Å². The maximum Gasteiger partial charge on any atom is 0.257 e. The van der Waals surface area contributed by atoms with E-state index >= 15 is 0 Å². The van der Waals surface area contributed by atoms with Crippen LogP contribution in [-0.4, -0.2) is 39.9 Å². The van der Waals surface area contributed by atoms with Crippen LogP contribution in [0.15, 0.2) is 18.5 Å². The molecule has 1 aromatic rings. The number of carbonyl (C=O) groups is 1. The molecule has 1 aliphatic heterocycles. The van der Waals surface area contributed by atoms with Crippen LogP contribution in [0.3, 0.4) is 0 Å². The summed E-state index contributed by atoms with van der Waals surface area (Å²) in [5.74, 6) is 6.42. The number of nitrogens with two attached hydrogens (primary N) is 1. The highest BCUT2D eigenvalue weighted by atomic mass is 32.2. The Kier molecular flexibility index (Phi) is 4.43. The summed E-state index contributed by atoms with van der Waals surface area (Å²) >= 11 is 1.94. The second-order valence-corrected chi connectivity index (χ2v) is 5.63. The number of nitrogens with zero attached hydrogens (tertiary/aromatic N) is 2. The molecule has 1 amide bonds. The second kappa shape index (κ2) is 6.06. The van der Waals surface area contributed by atoms with Crippen LogP contribution < -0.4 is 11.3 Å². The summed E-state index contributed by atoms with van der Waals surface area (Å²) in [6.07, 6.45) is 4.27. The Balaban J connectivity index is 2.15. The van der Waals surface area contributed by atoms with Crippen molar-refractivity contribution in [3.8, 4) is 0 Å². The van der Waals surface area contributed by atoms with E-state index in [-0.39, 0.29) is 5.91 Å². The molecule has 1 saturated heterocycles. The zero-order valence-corrected chi connectivity index (χ0v) is 11.2. The maximum atomic E-state index is 12.4. The molecule has 0 radical (unpaired) electrons. The molecule has 0 bridgehead atoms. The van der Waals surface area contributed by atoms with Gasteiger partial charge >= 0.3 is 0 Å². The van der Waals surface area contributed by atoms with E-state index in [1.807, 2.05) is 16.7 Å². The maximum absolute atomic E-state index is 12.4. The molecule has 0 aliphatic carbocycles. The quantitative estimate of drug-likeness (QED) is 0.638. The van der Waals surface area contributed by atoms with E-state index in [1.54, 1.807) is 18.5 Å². The van der Waals surface area contributed by atoms with Gasteiger partial charge in [0, 0.05) is 36.5 Å². The summed E-state index contributed by atoms with van der Waals surface area (Å²) in [6.45, 7) is 3.75. The third-order valence-corrected chi connectivity index (χ3v) is 4.46. The Bertz CT molecular complexity index is 426. The highest BCUT2D eigenvalue weighted by Gasteiger charge is 2.25. The standard InChI is InChI=1S/C12H18N4OS/c1-2-9-8-16(5-6-18-9)12(17)10-7-14-4-3-11(10)15-13/h3-4,7,9H,2,5-6,8,13H2,1H3,(H,14,15). The normalized spacial score (nSPS) is 19.7. The first-order valence-corrected chi connectivity index (χ1v) is 7.12. The van der Waals surface area contributed by atoms with Gasteiger partial charge in [0.25, 0.3) is 5.91 Å².